The average Bonchev–Trinajstić information content (AvgIpc) is 2.69. The van der Waals surface area contributed by atoms with E-state index in [4.69, 9.17) is 5.14 Å². The molecule has 0 unspecified atom stereocenters. The molecular formula is C12H20N4O3S. The van der Waals surface area contributed by atoms with Crippen LogP contribution in [-0.4, -0.2) is 42.5 Å². The van der Waals surface area contributed by atoms with Crippen molar-refractivity contribution in [2.24, 2.45) is 5.14 Å². The van der Waals surface area contributed by atoms with Crippen LogP contribution in [0.1, 0.15) is 48.3 Å². The number of sulfonamides is 1. The Hall–Kier alpha value is -1.41. The van der Waals surface area contributed by atoms with Gasteiger partial charge < -0.3 is 4.90 Å². The van der Waals surface area contributed by atoms with Gasteiger partial charge in [0.1, 0.15) is 4.90 Å². The van der Waals surface area contributed by atoms with Gasteiger partial charge in [0, 0.05) is 13.1 Å². The third kappa shape index (κ3) is 3.18. The van der Waals surface area contributed by atoms with Crippen molar-refractivity contribution in [3.05, 3.63) is 11.4 Å². The fourth-order valence-corrected chi connectivity index (χ4v) is 3.39. The highest BCUT2D eigenvalue weighted by Crippen LogP contribution is 2.19. The smallest absolute Gasteiger partial charge is 0.275 e. The maximum Gasteiger partial charge on any atom is 0.275 e. The Kier molecular flexibility index (Phi) is 4.44. The highest BCUT2D eigenvalue weighted by atomic mass is 32.2. The molecule has 1 fully saturated rings. The largest absolute Gasteiger partial charge is 0.337 e. The van der Waals surface area contributed by atoms with Crippen LogP contribution in [0.3, 0.4) is 0 Å². The van der Waals surface area contributed by atoms with Crippen LogP contribution in [0.15, 0.2) is 4.90 Å². The van der Waals surface area contributed by atoms with Crippen molar-refractivity contribution in [2.45, 2.75) is 43.9 Å². The number of likely N-dealkylation sites (tertiary alicyclic amines) is 1. The lowest BCUT2D eigenvalue weighted by molar-refractivity contribution is 0.0732. The summed E-state index contributed by atoms with van der Waals surface area (Å²) in [5, 5.41) is 11.5. The van der Waals surface area contributed by atoms with Gasteiger partial charge in [0.25, 0.3) is 5.91 Å². The third-order valence-electron chi connectivity index (χ3n) is 3.52. The number of aromatic amines is 1. The van der Waals surface area contributed by atoms with Crippen LogP contribution < -0.4 is 5.14 Å². The number of hydrogen-bond donors (Lipinski definition) is 2. The Bertz CT molecular complexity index is 586. The van der Waals surface area contributed by atoms with Crippen molar-refractivity contribution in [1.82, 2.24) is 15.1 Å². The number of aryl methyl sites for hydroxylation is 1. The van der Waals surface area contributed by atoms with E-state index in [2.05, 4.69) is 10.2 Å². The number of amides is 1. The normalized spacial score (nSPS) is 17.6. The number of nitrogens with two attached hydrogens (primary N) is 1. The van der Waals surface area contributed by atoms with E-state index in [-0.39, 0.29) is 16.5 Å². The maximum absolute atomic E-state index is 12.5. The summed E-state index contributed by atoms with van der Waals surface area (Å²) in [4.78, 5) is 13.9. The van der Waals surface area contributed by atoms with Gasteiger partial charge in [0.2, 0.25) is 10.0 Å². The fourth-order valence-electron chi connectivity index (χ4n) is 2.51. The predicted octanol–water partition coefficient (Wildman–Crippen LogP) is 0.772. The summed E-state index contributed by atoms with van der Waals surface area (Å²) in [6.45, 7) is 2.81. The molecule has 1 saturated heterocycles. The van der Waals surface area contributed by atoms with Gasteiger partial charge in [0.05, 0.1) is 5.69 Å². The number of H-pyrrole nitrogens is 1. The Balaban J connectivity index is 2.29. The first kappa shape index (κ1) is 15.0. The van der Waals surface area contributed by atoms with Crippen molar-refractivity contribution in [1.29, 1.82) is 0 Å². The third-order valence-corrected chi connectivity index (χ3v) is 4.59. The molecule has 1 aliphatic rings. The van der Waals surface area contributed by atoms with Crippen molar-refractivity contribution >= 4 is 15.9 Å². The molecule has 1 aromatic rings. The van der Waals surface area contributed by atoms with E-state index in [0.29, 0.717) is 18.8 Å². The second-order valence-corrected chi connectivity index (χ2v) is 6.63. The number of rotatable bonds is 2. The van der Waals surface area contributed by atoms with Crippen LogP contribution in [-0.2, 0) is 10.0 Å². The number of carbonyl (C=O) groups excluding carboxylic acids is 1. The average molecular weight is 300 g/mol. The zero-order valence-corrected chi connectivity index (χ0v) is 12.4. The second kappa shape index (κ2) is 5.92. The monoisotopic (exact) mass is 300 g/mol. The van der Waals surface area contributed by atoms with E-state index in [9.17, 15) is 13.2 Å². The highest BCUT2D eigenvalue weighted by Gasteiger charge is 2.28. The van der Waals surface area contributed by atoms with E-state index in [1.165, 1.54) is 13.3 Å². The minimum Gasteiger partial charge on any atom is -0.337 e. The molecule has 0 atom stereocenters. The zero-order chi connectivity index (χ0) is 14.8. The molecule has 2 rings (SSSR count). The van der Waals surface area contributed by atoms with Gasteiger partial charge in [-0.3, -0.25) is 9.89 Å². The first-order chi connectivity index (χ1) is 9.41. The predicted molar refractivity (Wildman–Crippen MR) is 73.7 cm³/mol. The molecule has 0 aliphatic carbocycles. The fraction of sp³-hybridized carbons (Fsp3) is 0.667. The van der Waals surface area contributed by atoms with Crippen LogP contribution in [0.5, 0.6) is 0 Å². The number of hydrogen-bond acceptors (Lipinski definition) is 4. The minimum atomic E-state index is -3.96. The van der Waals surface area contributed by atoms with E-state index >= 15 is 0 Å². The molecular weight excluding hydrogens is 280 g/mol. The molecule has 0 bridgehead atoms. The van der Waals surface area contributed by atoms with Crippen LogP contribution in [0.4, 0.5) is 0 Å². The van der Waals surface area contributed by atoms with Crippen LogP contribution in [0.2, 0.25) is 0 Å². The van der Waals surface area contributed by atoms with Crippen molar-refractivity contribution < 1.29 is 13.2 Å². The van der Waals surface area contributed by atoms with Gasteiger partial charge in [-0.1, -0.05) is 19.3 Å². The summed E-state index contributed by atoms with van der Waals surface area (Å²) in [7, 11) is -3.96. The quantitative estimate of drug-likeness (QED) is 0.840. The lowest BCUT2D eigenvalue weighted by atomic mass is 10.1. The Morgan fingerprint density at radius 1 is 1.20 bits per heavy atom. The van der Waals surface area contributed by atoms with E-state index in [0.717, 1.165) is 25.7 Å². The Labute approximate surface area is 118 Å². The first-order valence-electron chi connectivity index (χ1n) is 6.78. The summed E-state index contributed by atoms with van der Waals surface area (Å²) in [5.41, 5.74) is 0.202. The topological polar surface area (TPSA) is 109 Å². The molecule has 20 heavy (non-hydrogen) atoms. The molecule has 7 nitrogen and oxygen atoms in total. The van der Waals surface area contributed by atoms with E-state index < -0.39 is 10.0 Å². The van der Waals surface area contributed by atoms with E-state index in [1.807, 2.05) is 0 Å². The molecule has 1 aromatic heterocycles. The molecule has 3 N–H and O–H groups in total. The van der Waals surface area contributed by atoms with Crippen LogP contribution >= 0.6 is 0 Å². The Morgan fingerprint density at radius 2 is 1.75 bits per heavy atom. The van der Waals surface area contributed by atoms with Gasteiger partial charge in [-0.05, 0) is 19.8 Å². The SMILES string of the molecule is Cc1[nH]nc(C(=O)N2CCCCCCC2)c1S(N)(=O)=O. The summed E-state index contributed by atoms with van der Waals surface area (Å²) in [5.74, 6) is -0.361. The van der Waals surface area contributed by atoms with Crippen LogP contribution in [0, 0.1) is 6.92 Å². The molecule has 2 heterocycles. The minimum absolute atomic E-state index is 0.0921. The van der Waals surface area contributed by atoms with Crippen LogP contribution in [0.25, 0.3) is 0 Å². The van der Waals surface area contributed by atoms with Crippen molar-refractivity contribution in [3.63, 3.8) is 0 Å². The Morgan fingerprint density at radius 3 is 2.30 bits per heavy atom. The van der Waals surface area contributed by atoms with Crippen molar-refractivity contribution in [2.75, 3.05) is 13.1 Å². The van der Waals surface area contributed by atoms with Gasteiger partial charge in [-0.15, -0.1) is 0 Å². The number of nitrogens with one attached hydrogen (secondary N) is 1. The first-order valence-corrected chi connectivity index (χ1v) is 8.33. The lowest BCUT2D eigenvalue weighted by Gasteiger charge is -2.24. The maximum atomic E-state index is 12.5. The van der Waals surface area contributed by atoms with Gasteiger partial charge in [0.15, 0.2) is 5.69 Å². The van der Waals surface area contributed by atoms with Gasteiger partial charge in [-0.2, -0.15) is 5.10 Å². The lowest BCUT2D eigenvalue weighted by Crippen LogP contribution is -2.35. The van der Waals surface area contributed by atoms with Gasteiger partial charge in [-0.25, -0.2) is 13.6 Å². The number of nitrogens with zero attached hydrogens (tertiary/aromatic N) is 2. The highest BCUT2D eigenvalue weighted by molar-refractivity contribution is 7.89. The molecule has 0 spiro atoms. The molecule has 0 aromatic carbocycles. The summed E-state index contributed by atoms with van der Waals surface area (Å²) >= 11 is 0. The molecule has 0 radical (unpaired) electrons. The standard InChI is InChI=1S/C12H20N4O3S/c1-9-11(20(13,18)19)10(15-14-9)12(17)16-7-5-3-2-4-6-8-16/h2-8H2,1H3,(H,14,15)(H2,13,18,19). The van der Waals surface area contributed by atoms with E-state index in [1.54, 1.807) is 4.90 Å². The number of carbonyl (C=O) groups is 1. The summed E-state index contributed by atoms with van der Waals surface area (Å²) < 4.78 is 23.2. The molecule has 112 valence electrons. The second-order valence-electron chi connectivity index (χ2n) is 5.13. The molecule has 8 heteroatoms. The number of primary sulfonamides is 1. The molecule has 1 aliphatic heterocycles. The van der Waals surface area contributed by atoms with Crippen molar-refractivity contribution in [3.8, 4) is 0 Å². The summed E-state index contributed by atoms with van der Waals surface area (Å²) in [6, 6.07) is 0. The molecule has 0 saturated carbocycles. The zero-order valence-electron chi connectivity index (χ0n) is 11.6. The van der Waals surface area contributed by atoms with Gasteiger partial charge >= 0.3 is 0 Å². The molecule has 1 amide bonds. The number of aromatic nitrogens is 2. The summed E-state index contributed by atoms with van der Waals surface area (Å²) in [6.07, 6.45) is 5.22.